The van der Waals surface area contributed by atoms with E-state index in [0.29, 0.717) is 0 Å². The Labute approximate surface area is 89.7 Å². The first-order valence-electron chi connectivity index (χ1n) is 4.29. The molecule has 13 heavy (non-hydrogen) atoms. The van der Waals surface area contributed by atoms with E-state index in [1.807, 2.05) is 17.2 Å². The van der Waals surface area contributed by atoms with Crippen molar-refractivity contribution >= 4 is 33.2 Å². The molecule has 70 valence electrons. The van der Waals surface area contributed by atoms with Gasteiger partial charge in [0.1, 0.15) is 0 Å². The first-order valence-corrected chi connectivity index (χ1v) is 5.96. The Morgan fingerprint density at radius 3 is 3.15 bits per heavy atom. The zero-order valence-corrected chi connectivity index (χ0v) is 9.74. The maximum Gasteiger partial charge on any atom is 0.256 e. The van der Waals surface area contributed by atoms with Crippen molar-refractivity contribution in [2.75, 3.05) is 13.1 Å². The van der Waals surface area contributed by atoms with Gasteiger partial charge >= 0.3 is 0 Å². The molecule has 0 aliphatic carbocycles. The standard InChI is InChI=1S/C9H10BrNOS/c1-2-11-4-3-7-8(9(11)12)6(10)5-13-7/h5H,2-4H2,1H3. The van der Waals surface area contributed by atoms with Crippen molar-refractivity contribution in [1.29, 1.82) is 0 Å². The van der Waals surface area contributed by atoms with Gasteiger partial charge in [-0.05, 0) is 22.9 Å². The van der Waals surface area contributed by atoms with Crippen molar-refractivity contribution in [3.63, 3.8) is 0 Å². The quantitative estimate of drug-likeness (QED) is 0.759. The second-order valence-electron chi connectivity index (χ2n) is 3.02. The molecule has 1 aromatic rings. The molecule has 0 saturated heterocycles. The highest BCUT2D eigenvalue weighted by molar-refractivity contribution is 9.10. The molecule has 0 saturated carbocycles. The topological polar surface area (TPSA) is 20.3 Å². The van der Waals surface area contributed by atoms with Gasteiger partial charge in [0, 0.05) is 34.2 Å². The second-order valence-corrected chi connectivity index (χ2v) is 4.84. The zero-order chi connectivity index (χ0) is 9.42. The van der Waals surface area contributed by atoms with E-state index in [0.717, 1.165) is 29.5 Å². The largest absolute Gasteiger partial charge is 0.338 e. The van der Waals surface area contributed by atoms with Gasteiger partial charge in [-0.3, -0.25) is 4.79 Å². The minimum Gasteiger partial charge on any atom is -0.338 e. The fraction of sp³-hybridized carbons (Fsp3) is 0.444. The zero-order valence-electron chi connectivity index (χ0n) is 7.34. The van der Waals surface area contributed by atoms with Gasteiger partial charge in [-0.15, -0.1) is 11.3 Å². The van der Waals surface area contributed by atoms with E-state index in [-0.39, 0.29) is 5.91 Å². The van der Waals surface area contributed by atoms with E-state index >= 15 is 0 Å². The summed E-state index contributed by atoms with van der Waals surface area (Å²) < 4.78 is 0.954. The molecule has 1 aliphatic rings. The van der Waals surface area contributed by atoms with Crippen LogP contribution in [0, 0.1) is 0 Å². The number of nitrogens with zero attached hydrogens (tertiary/aromatic N) is 1. The number of halogens is 1. The van der Waals surface area contributed by atoms with Gasteiger partial charge in [0.25, 0.3) is 5.91 Å². The molecule has 0 fully saturated rings. The van der Waals surface area contributed by atoms with Crippen LogP contribution in [-0.2, 0) is 6.42 Å². The highest BCUT2D eigenvalue weighted by atomic mass is 79.9. The number of amides is 1. The lowest BCUT2D eigenvalue weighted by Gasteiger charge is -2.25. The maximum atomic E-state index is 11.8. The SMILES string of the molecule is CCN1CCc2scc(Br)c2C1=O. The monoisotopic (exact) mass is 259 g/mol. The van der Waals surface area contributed by atoms with Crippen LogP contribution in [0.15, 0.2) is 9.85 Å². The fourth-order valence-electron chi connectivity index (χ4n) is 1.58. The molecule has 0 aromatic carbocycles. The van der Waals surface area contributed by atoms with Gasteiger partial charge in [0.15, 0.2) is 0 Å². The Morgan fingerprint density at radius 2 is 2.46 bits per heavy atom. The average Bonchev–Trinajstić information content (AvgIpc) is 2.49. The smallest absolute Gasteiger partial charge is 0.256 e. The Kier molecular flexibility index (Phi) is 2.43. The summed E-state index contributed by atoms with van der Waals surface area (Å²) in [5.41, 5.74) is 0.887. The molecule has 0 N–H and O–H groups in total. The van der Waals surface area contributed by atoms with E-state index in [1.165, 1.54) is 4.88 Å². The van der Waals surface area contributed by atoms with Crippen molar-refractivity contribution in [3.8, 4) is 0 Å². The van der Waals surface area contributed by atoms with Crippen LogP contribution in [-0.4, -0.2) is 23.9 Å². The lowest BCUT2D eigenvalue weighted by Crippen LogP contribution is -2.36. The van der Waals surface area contributed by atoms with Crippen molar-refractivity contribution in [3.05, 3.63) is 20.3 Å². The fourth-order valence-corrected chi connectivity index (χ4v) is 3.29. The molecule has 0 bridgehead atoms. The Hall–Kier alpha value is -0.350. The molecule has 1 amide bonds. The molecular weight excluding hydrogens is 250 g/mol. The number of hydrogen-bond donors (Lipinski definition) is 0. The van der Waals surface area contributed by atoms with Crippen molar-refractivity contribution in [2.24, 2.45) is 0 Å². The van der Waals surface area contributed by atoms with Crippen molar-refractivity contribution < 1.29 is 4.79 Å². The number of carbonyl (C=O) groups is 1. The Balaban J connectivity index is 2.43. The van der Waals surface area contributed by atoms with Gasteiger partial charge < -0.3 is 4.90 Å². The van der Waals surface area contributed by atoms with E-state index in [1.54, 1.807) is 11.3 Å². The van der Waals surface area contributed by atoms with Crippen LogP contribution < -0.4 is 0 Å². The number of hydrogen-bond acceptors (Lipinski definition) is 2. The van der Waals surface area contributed by atoms with Crippen molar-refractivity contribution in [2.45, 2.75) is 13.3 Å². The average molecular weight is 260 g/mol. The Morgan fingerprint density at radius 1 is 1.69 bits per heavy atom. The van der Waals surface area contributed by atoms with Crippen LogP contribution in [0.1, 0.15) is 22.2 Å². The lowest BCUT2D eigenvalue weighted by molar-refractivity contribution is 0.0750. The summed E-state index contributed by atoms with van der Waals surface area (Å²) in [5, 5.41) is 2.00. The summed E-state index contributed by atoms with van der Waals surface area (Å²) in [5.74, 6) is 0.178. The molecule has 1 aliphatic heterocycles. The van der Waals surface area contributed by atoms with Gasteiger partial charge in [0.05, 0.1) is 5.56 Å². The number of rotatable bonds is 1. The minimum absolute atomic E-state index is 0.178. The van der Waals surface area contributed by atoms with E-state index in [2.05, 4.69) is 15.9 Å². The first-order chi connectivity index (χ1) is 6.24. The summed E-state index contributed by atoms with van der Waals surface area (Å²) in [7, 11) is 0. The van der Waals surface area contributed by atoms with Gasteiger partial charge in [-0.25, -0.2) is 0 Å². The normalized spacial score (nSPS) is 16.2. The molecule has 4 heteroatoms. The summed E-state index contributed by atoms with van der Waals surface area (Å²) in [6.45, 7) is 3.69. The van der Waals surface area contributed by atoms with E-state index < -0.39 is 0 Å². The molecule has 2 heterocycles. The molecule has 1 aromatic heterocycles. The molecule has 2 rings (SSSR count). The van der Waals surface area contributed by atoms with Crippen molar-refractivity contribution in [1.82, 2.24) is 4.90 Å². The molecule has 0 spiro atoms. The third-order valence-corrected chi connectivity index (χ3v) is 4.29. The van der Waals surface area contributed by atoms with Crippen LogP contribution >= 0.6 is 27.3 Å². The number of carbonyl (C=O) groups excluding carboxylic acids is 1. The predicted molar refractivity (Wildman–Crippen MR) is 57.3 cm³/mol. The van der Waals surface area contributed by atoms with Gasteiger partial charge in [-0.1, -0.05) is 0 Å². The summed E-state index contributed by atoms with van der Waals surface area (Å²) in [6, 6.07) is 0. The first kappa shape index (κ1) is 9.21. The van der Waals surface area contributed by atoms with Gasteiger partial charge in [0.2, 0.25) is 0 Å². The number of likely N-dealkylation sites (N-methyl/N-ethyl adjacent to an activating group) is 1. The summed E-state index contributed by atoms with van der Waals surface area (Å²) >= 11 is 5.09. The molecule has 0 atom stereocenters. The summed E-state index contributed by atoms with van der Waals surface area (Å²) in [6.07, 6.45) is 1.01. The molecule has 0 unspecified atom stereocenters. The molecule has 0 radical (unpaired) electrons. The molecule has 2 nitrogen and oxygen atoms in total. The Bertz CT molecular complexity index is 347. The predicted octanol–water partition coefficient (Wildman–Crippen LogP) is 2.53. The lowest BCUT2D eigenvalue weighted by atomic mass is 10.1. The highest BCUT2D eigenvalue weighted by Crippen LogP contribution is 2.31. The summed E-state index contributed by atoms with van der Waals surface area (Å²) in [4.78, 5) is 14.9. The van der Waals surface area contributed by atoms with Crippen LogP contribution in [0.5, 0.6) is 0 Å². The third-order valence-electron chi connectivity index (χ3n) is 2.31. The molecular formula is C9H10BrNOS. The second kappa shape index (κ2) is 3.42. The van der Waals surface area contributed by atoms with Crippen LogP contribution in [0.2, 0.25) is 0 Å². The number of thiophene rings is 1. The minimum atomic E-state index is 0.178. The maximum absolute atomic E-state index is 11.8. The van der Waals surface area contributed by atoms with Crippen LogP contribution in [0.4, 0.5) is 0 Å². The van der Waals surface area contributed by atoms with E-state index in [9.17, 15) is 4.79 Å². The van der Waals surface area contributed by atoms with Crippen LogP contribution in [0.3, 0.4) is 0 Å². The third kappa shape index (κ3) is 1.42. The van der Waals surface area contributed by atoms with Crippen LogP contribution in [0.25, 0.3) is 0 Å². The number of fused-ring (bicyclic) bond motifs is 1. The van der Waals surface area contributed by atoms with Gasteiger partial charge in [-0.2, -0.15) is 0 Å². The highest BCUT2D eigenvalue weighted by Gasteiger charge is 2.26. The van der Waals surface area contributed by atoms with E-state index in [4.69, 9.17) is 0 Å².